The predicted molar refractivity (Wildman–Crippen MR) is 61.2 cm³/mol. The highest BCUT2D eigenvalue weighted by Gasteiger charge is 2.06. The third-order valence-corrected chi connectivity index (χ3v) is 2.59. The van der Waals surface area contributed by atoms with Gasteiger partial charge in [0.1, 0.15) is 0 Å². The topological polar surface area (TPSA) is 96.4 Å². The molecule has 0 aromatic carbocycles. The molecule has 1 rings (SSSR count). The maximum Gasteiger partial charge on any atom is 0.330 e. The summed E-state index contributed by atoms with van der Waals surface area (Å²) in [5.74, 6) is 0. The van der Waals surface area contributed by atoms with Crippen LogP contribution in [0.4, 0.5) is 0 Å². The van der Waals surface area contributed by atoms with Crippen LogP contribution in [0.15, 0.2) is 20.3 Å². The normalized spacial score (nSPS) is 10.2. The molecule has 0 aliphatic carbocycles. The molecule has 0 atom stereocenters. The Hall–Kier alpha value is -1.64. The van der Waals surface area contributed by atoms with E-state index in [2.05, 4.69) is 20.8 Å². The van der Waals surface area contributed by atoms with Crippen molar-refractivity contribution in [3.8, 4) is 0 Å². The first-order chi connectivity index (χ1) is 7.93. The molecule has 1 aromatic heterocycles. The fraction of sp³-hybridized carbons (Fsp3) is 0.500. The molecule has 0 bridgehead atoms. The van der Waals surface area contributed by atoms with Gasteiger partial charge >= 0.3 is 5.69 Å². The van der Waals surface area contributed by atoms with Crippen LogP contribution in [0.3, 0.4) is 0 Å². The van der Waals surface area contributed by atoms with Gasteiger partial charge in [0.25, 0.3) is 10.6 Å². The predicted octanol–water partition coefficient (Wildman–Crippen LogP) is -0.0921. The Morgan fingerprint density at radius 2 is 2.18 bits per heavy atom. The zero-order valence-electron chi connectivity index (χ0n) is 8.96. The lowest BCUT2D eigenvalue weighted by molar-refractivity contribution is -0.757. The fourth-order valence-electron chi connectivity index (χ4n) is 1.22. The number of nitrogens with zero attached hydrogens (tertiary/aromatic N) is 3. The van der Waals surface area contributed by atoms with Crippen LogP contribution in [0, 0.1) is 10.1 Å². The lowest BCUT2D eigenvalue weighted by Gasteiger charge is -2.07. The highest BCUT2D eigenvalue weighted by atomic mass is 79.9. The highest BCUT2D eigenvalue weighted by molar-refractivity contribution is 9.10. The van der Waals surface area contributed by atoms with Crippen LogP contribution in [-0.4, -0.2) is 20.8 Å². The average Bonchev–Trinajstić information content (AvgIpc) is 2.27. The van der Waals surface area contributed by atoms with Crippen molar-refractivity contribution in [3.05, 3.63) is 41.6 Å². The summed E-state index contributed by atoms with van der Waals surface area (Å²) < 4.78 is 2.50. The first-order valence-corrected chi connectivity index (χ1v) is 5.46. The van der Waals surface area contributed by atoms with E-state index >= 15 is 0 Å². The lowest BCUT2D eigenvalue weighted by Crippen LogP contribution is -2.38. The van der Waals surface area contributed by atoms with Crippen LogP contribution in [-0.2, 0) is 18.4 Å². The number of hydrogen-bond acceptors (Lipinski definition) is 5. The molecule has 8 nitrogen and oxygen atoms in total. The van der Waals surface area contributed by atoms with Gasteiger partial charge in [0, 0.05) is 19.8 Å². The summed E-state index contributed by atoms with van der Waals surface area (Å²) in [4.78, 5) is 37.0. The summed E-state index contributed by atoms with van der Waals surface area (Å²) in [7, 11) is 1.36. The minimum atomic E-state index is -0.889. The van der Waals surface area contributed by atoms with Gasteiger partial charge in [-0.2, -0.15) is 0 Å². The standard InChI is InChI=1S/C8H10BrN3O5/c1-10-7(13)6(9)5-11(8(10)14)3-2-4-17-12(15)16/h5H,2-4H2,1H3. The first-order valence-electron chi connectivity index (χ1n) is 4.66. The van der Waals surface area contributed by atoms with Crippen LogP contribution in [0.5, 0.6) is 0 Å². The van der Waals surface area contributed by atoms with E-state index in [0.29, 0.717) is 6.42 Å². The SMILES string of the molecule is Cn1c(=O)c(Br)cn(CCCO[N+](=O)[O-])c1=O. The molecule has 0 spiro atoms. The lowest BCUT2D eigenvalue weighted by atomic mass is 10.4. The molecule has 0 amide bonds. The Morgan fingerprint density at radius 1 is 1.53 bits per heavy atom. The maximum atomic E-state index is 11.6. The van der Waals surface area contributed by atoms with E-state index in [1.54, 1.807) is 0 Å². The molecule has 0 saturated carbocycles. The van der Waals surface area contributed by atoms with E-state index in [1.165, 1.54) is 17.8 Å². The van der Waals surface area contributed by atoms with Gasteiger partial charge in [-0.1, -0.05) is 0 Å². The van der Waals surface area contributed by atoms with Crippen molar-refractivity contribution < 1.29 is 9.92 Å². The van der Waals surface area contributed by atoms with Gasteiger partial charge in [0.05, 0.1) is 11.1 Å². The Labute approximate surface area is 104 Å². The van der Waals surface area contributed by atoms with Crippen LogP contribution in [0.2, 0.25) is 0 Å². The molecule has 9 heteroatoms. The summed E-state index contributed by atoms with van der Waals surface area (Å²) >= 11 is 3.03. The molecule has 0 unspecified atom stereocenters. The third-order valence-electron chi connectivity index (χ3n) is 2.05. The smallest absolute Gasteiger partial charge is 0.314 e. The molecular formula is C8H10BrN3O5. The summed E-state index contributed by atoms with van der Waals surface area (Å²) in [6, 6.07) is 0. The van der Waals surface area contributed by atoms with Gasteiger partial charge in [-0.25, -0.2) is 4.79 Å². The third kappa shape index (κ3) is 3.41. The number of aromatic nitrogens is 2. The quantitative estimate of drug-likeness (QED) is 0.430. The number of halogens is 1. The zero-order chi connectivity index (χ0) is 13.0. The molecule has 17 heavy (non-hydrogen) atoms. The highest BCUT2D eigenvalue weighted by Crippen LogP contribution is 1.99. The van der Waals surface area contributed by atoms with Crippen molar-refractivity contribution in [1.82, 2.24) is 9.13 Å². The van der Waals surface area contributed by atoms with Crippen molar-refractivity contribution in [1.29, 1.82) is 0 Å². The molecule has 0 N–H and O–H groups in total. The number of hydrogen-bond donors (Lipinski definition) is 0. The first kappa shape index (κ1) is 13.4. The second-order valence-corrected chi connectivity index (χ2v) is 4.08. The van der Waals surface area contributed by atoms with E-state index in [0.717, 1.165) is 4.57 Å². The Morgan fingerprint density at radius 3 is 2.76 bits per heavy atom. The van der Waals surface area contributed by atoms with Crippen molar-refractivity contribution in [2.45, 2.75) is 13.0 Å². The van der Waals surface area contributed by atoms with Gasteiger partial charge in [-0.15, -0.1) is 10.1 Å². The second kappa shape index (κ2) is 5.62. The van der Waals surface area contributed by atoms with Crippen LogP contribution in [0.1, 0.15) is 6.42 Å². The summed E-state index contributed by atoms with van der Waals surface area (Å²) in [6.45, 7) is 0.138. The van der Waals surface area contributed by atoms with Crippen LogP contribution >= 0.6 is 15.9 Å². The maximum absolute atomic E-state index is 11.6. The van der Waals surface area contributed by atoms with Crippen molar-refractivity contribution in [2.24, 2.45) is 7.05 Å². The molecule has 0 saturated heterocycles. The van der Waals surface area contributed by atoms with E-state index in [9.17, 15) is 19.7 Å². The van der Waals surface area contributed by atoms with E-state index in [-0.39, 0.29) is 17.6 Å². The van der Waals surface area contributed by atoms with Crippen molar-refractivity contribution >= 4 is 15.9 Å². The number of aryl methyl sites for hydroxylation is 1. The van der Waals surface area contributed by atoms with E-state index in [1.807, 2.05) is 0 Å². The Kier molecular flexibility index (Phi) is 4.44. The Bertz CT molecular complexity index is 535. The molecule has 0 radical (unpaired) electrons. The van der Waals surface area contributed by atoms with Gasteiger partial charge in [-0.3, -0.25) is 13.9 Å². The van der Waals surface area contributed by atoms with Crippen molar-refractivity contribution in [2.75, 3.05) is 6.61 Å². The van der Waals surface area contributed by atoms with Crippen molar-refractivity contribution in [3.63, 3.8) is 0 Å². The minimum absolute atomic E-state index is 0.0973. The van der Waals surface area contributed by atoms with Crippen LogP contribution in [0.25, 0.3) is 0 Å². The Balaban J connectivity index is 2.76. The molecule has 0 fully saturated rings. The molecule has 0 aliphatic heterocycles. The molecule has 1 aromatic rings. The monoisotopic (exact) mass is 307 g/mol. The minimum Gasteiger partial charge on any atom is -0.314 e. The van der Waals surface area contributed by atoms with E-state index < -0.39 is 16.3 Å². The number of rotatable bonds is 5. The van der Waals surface area contributed by atoms with Gasteiger partial charge in [-0.05, 0) is 22.4 Å². The van der Waals surface area contributed by atoms with Gasteiger partial charge in [0.15, 0.2) is 0 Å². The van der Waals surface area contributed by atoms with Gasteiger partial charge < -0.3 is 4.84 Å². The zero-order valence-corrected chi connectivity index (χ0v) is 10.5. The average molecular weight is 308 g/mol. The molecule has 94 valence electrons. The van der Waals surface area contributed by atoms with E-state index in [4.69, 9.17) is 0 Å². The molecule has 0 aliphatic rings. The second-order valence-electron chi connectivity index (χ2n) is 3.23. The van der Waals surface area contributed by atoms with Gasteiger partial charge in [0.2, 0.25) is 0 Å². The summed E-state index contributed by atoms with van der Waals surface area (Å²) in [6.07, 6.45) is 1.66. The largest absolute Gasteiger partial charge is 0.330 e. The fourth-order valence-corrected chi connectivity index (χ4v) is 1.73. The summed E-state index contributed by atoms with van der Waals surface area (Å²) in [5, 5.41) is 9.00. The molecule has 1 heterocycles. The molecular weight excluding hydrogens is 298 g/mol. The van der Waals surface area contributed by atoms with Crippen LogP contribution < -0.4 is 11.2 Å². The summed E-state index contributed by atoms with van der Waals surface area (Å²) in [5.41, 5.74) is -0.896.